The van der Waals surface area contributed by atoms with Gasteiger partial charge in [-0.3, -0.25) is 9.59 Å². The molecule has 0 bridgehead atoms. The lowest BCUT2D eigenvalue weighted by Gasteiger charge is -2.14. The Morgan fingerprint density at radius 2 is 1.88 bits per heavy atom. The van der Waals surface area contributed by atoms with E-state index in [2.05, 4.69) is 20.8 Å². The Balaban J connectivity index is 1.58. The van der Waals surface area contributed by atoms with E-state index >= 15 is 0 Å². The van der Waals surface area contributed by atoms with Gasteiger partial charge in [-0.2, -0.15) is 0 Å². The van der Waals surface area contributed by atoms with Gasteiger partial charge in [0.2, 0.25) is 5.91 Å². The summed E-state index contributed by atoms with van der Waals surface area (Å²) in [7, 11) is 3.08. The number of thioether (sulfide) groups is 1. The molecule has 2 N–H and O–H groups in total. The number of benzene rings is 2. The second-order valence-electron chi connectivity index (χ2n) is 7.32. The van der Waals surface area contributed by atoms with Crippen molar-refractivity contribution in [1.29, 1.82) is 0 Å². The molecule has 2 aromatic carbocycles. The van der Waals surface area contributed by atoms with Gasteiger partial charge in [0.05, 0.1) is 24.5 Å². The molecule has 0 aliphatic heterocycles. The lowest BCUT2D eigenvalue weighted by molar-refractivity contribution is -0.113. The van der Waals surface area contributed by atoms with Gasteiger partial charge in [-0.15, -0.1) is 10.2 Å². The molecule has 0 radical (unpaired) electrons. The summed E-state index contributed by atoms with van der Waals surface area (Å²) in [5.41, 5.74) is 2.34. The van der Waals surface area contributed by atoms with Crippen LogP contribution in [0.15, 0.2) is 53.7 Å². The summed E-state index contributed by atoms with van der Waals surface area (Å²) in [6.45, 7) is 3.71. The Hall–Kier alpha value is -3.66. The topological polar surface area (TPSA) is 115 Å². The van der Waals surface area contributed by atoms with E-state index in [0.29, 0.717) is 27.8 Å². The highest BCUT2D eigenvalue weighted by molar-refractivity contribution is 7.99. The van der Waals surface area contributed by atoms with Gasteiger partial charge >= 0.3 is 5.97 Å². The number of esters is 1. The summed E-state index contributed by atoms with van der Waals surface area (Å²) in [4.78, 5) is 36.6. The van der Waals surface area contributed by atoms with Gasteiger partial charge in [-0.1, -0.05) is 36.0 Å². The van der Waals surface area contributed by atoms with Crippen LogP contribution in [0.3, 0.4) is 0 Å². The molecule has 172 valence electrons. The van der Waals surface area contributed by atoms with E-state index in [-0.39, 0.29) is 23.6 Å². The van der Waals surface area contributed by atoms with Crippen LogP contribution < -0.4 is 10.6 Å². The summed E-state index contributed by atoms with van der Waals surface area (Å²) < 4.78 is 6.44. The number of anilines is 1. The largest absolute Gasteiger partial charge is 0.465 e. The van der Waals surface area contributed by atoms with E-state index in [4.69, 9.17) is 4.74 Å². The molecule has 0 aliphatic rings. The fourth-order valence-corrected chi connectivity index (χ4v) is 3.88. The average molecular weight is 468 g/mol. The number of amides is 2. The number of hydrogen-bond acceptors (Lipinski definition) is 7. The van der Waals surface area contributed by atoms with Crippen LogP contribution in [0, 0.1) is 6.92 Å². The molecule has 10 heteroatoms. The van der Waals surface area contributed by atoms with Crippen molar-refractivity contribution in [3.8, 4) is 0 Å². The van der Waals surface area contributed by atoms with E-state index in [1.165, 1.54) is 18.9 Å². The fourth-order valence-electron chi connectivity index (χ4n) is 3.16. The summed E-state index contributed by atoms with van der Waals surface area (Å²) in [6.07, 6.45) is 0. The van der Waals surface area contributed by atoms with Crippen LogP contribution >= 0.6 is 11.8 Å². The average Bonchev–Trinajstić information content (AvgIpc) is 3.17. The second-order valence-corrected chi connectivity index (χ2v) is 8.26. The van der Waals surface area contributed by atoms with E-state index in [9.17, 15) is 14.4 Å². The molecule has 3 rings (SSSR count). The highest BCUT2D eigenvalue weighted by Gasteiger charge is 2.19. The Labute approximate surface area is 195 Å². The maximum Gasteiger partial charge on any atom is 0.337 e. The number of nitrogens with zero attached hydrogens (tertiary/aromatic N) is 3. The number of rotatable bonds is 8. The Morgan fingerprint density at radius 3 is 2.61 bits per heavy atom. The third-order valence-electron chi connectivity index (χ3n) is 4.89. The van der Waals surface area contributed by atoms with Crippen LogP contribution in [-0.4, -0.2) is 45.4 Å². The first-order valence-corrected chi connectivity index (χ1v) is 11.2. The van der Waals surface area contributed by atoms with Crippen molar-refractivity contribution in [2.45, 2.75) is 25.0 Å². The van der Waals surface area contributed by atoms with Crippen LogP contribution in [0.4, 0.5) is 5.69 Å². The number of methoxy groups -OCH3 is 1. The van der Waals surface area contributed by atoms with Crippen molar-refractivity contribution in [3.05, 3.63) is 71.0 Å². The van der Waals surface area contributed by atoms with Crippen LogP contribution in [0.25, 0.3) is 0 Å². The van der Waals surface area contributed by atoms with E-state index < -0.39 is 5.97 Å². The molecule has 1 heterocycles. The minimum atomic E-state index is -0.476. The zero-order valence-electron chi connectivity index (χ0n) is 18.8. The van der Waals surface area contributed by atoms with Crippen LogP contribution in [0.5, 0.6) is 0 Å². The van der Waals surface area contributed by atoms with Crippen LogP contribution in [-0.2, 0) is 16.6 Å². The van der Waals surface area contributed by atoms with Gasteiger partial charge in [-0.25, -0.2) is 4.79 Å². The molecule has 1 atom stereocenters. The van der Waals surface area contributed by atoms with Gasteiger partial charge in [0.25, 0.3) is 5.91 Å². The lowest BCUT2D eigenvalue weighted by atomic mass is 10.1. The Bertz CT molecular complexity index is 1180. The summed E-state index contributed by atoms with van der Waals surface area (Å²) in [5, 5.41) is 14.6. The van der Waals surface area contributed by atoms with Crippen molar-refractivity contribution in [3.63, 3.8) is 0 Å². The van der Waals surface area contributed by atoms with Gasteiger partial charge in [0.15, 0.2) is 11.0 Å². The van der Waals surface area contributed by atoms with Crippen molar-refractivity contribution < 1.29 is 19.1 Å². The molecule has 0 unspecified atom stereocenters. The zero-order chi connectivity index (χ0) is 24.0. The molecular weight excluding hydrogens is 442 g/mol. The predicted octanol–water partition coefficient (Wildman–Crippen LogP) is 3.13. The third-order valence-corrected chi connectivity index (χ3v) is 5.91. The zero-order valence-corrected chi connectivity index (χ0v) is 19.6. The minimum absolute atomic E-state index is 0.0956. The van der Waals surface area contributed by atoms with Gasteiger partial charge in [-0.05, 0) is 43.7 Å². The first-order valence-electron chi connectivity index (χ1n) is 10.2. The molecule has 0 aliphatic carbocycles. The first kappa shape index (κ1) is 24.0. The third kappa shape index (κ3) is 5.98. The number of nitrogens with one attached hydrogen (secondary N) is 2. The Kier molecular flexibility index (Phi) is 7.83. The molecule has 1 aromatic heterocycles. The quantitative estimate of drug-likeness (QED) is 0.386. The smallest absolute Gasteiger partial charge is 0.337 e. The molecule has 9 nitrogen and oxygen atoms in total. The number of hydrogen-bond donors (Lipinski definition) is 2. The maximum atomic E-state index is 12.6. The monoisotopic (exact) mass is 467 g/mol. The molecule has 33 heavy (non-hydrogen) atoms. The van der Waals surface area contributed by atoms with Crippen molar-refractivity contribution in [2.24, 2.45) is 7.05 Å². The fraction of sp³-hybridized carbons (Fsp3) is 0.261. The van der Waals surface area contributed by atoms with Crippen molar-refractivity contribution >= 4 is 35.2 Å². The summed E-state index contributed by atoms with van der Waals surface area (Å²) >= 11 is 1.22. The number of ether oxygens (including phenoxy) is 1. The summed E-state index contributed by atoms with van der Waals surface area (Å²) in [6, 6.07) is 13.5. The molecular formula is C23H25N5O4S. The highest BCUT2D eigenvalue weighted by atomic mass is 32.2. The SMILES string of the molecule is COC(=O)c1cccc(NC(=O)CSc2nnc([C@H](C)NC(=O)c3ccccc3C)n2C)c1. The second kappa shape index (κ2) is 10.8. The number of carbonyl (C=O) groups is 3. The van der Waals surface area contributed by atoms with Crippen molar-refractivity contribution in [1.82, 2.24) is 20.1 Å². The molecule has 0 saturated heterocycles. The number of aromatic nitrogens is 3. The molecule has 0 fully saturated rings. The van der Waals surface area contributed by atoms with Gasteiger partial charge < -0.3 is 19.9 Å². The van der Waals surface area contributed by atoms with Gasteiger partial charge in [0, 0.05) is 18.3 Å². The van der Waals surface area contributed by atoms with Crippen LogP contribution in [0.1, 0.15) is 45.1 Å². The minimum Gasteiger partial charge on any atom is -0.465 e. The standard InChI is InChI=1S/C23H25N5O4S/c1-14-8-5-6-11-18(14)21(30)24-15(2)20-26-27-23(28(20)3)33-13-19(29)25-17-10-7-9-16(12-17)22(31)32-4/h5-12,15H,13H2,1-4H3,(H,24,30)(H,25,29)/t15-/m0/s1. The normalized spacial score (nSPS) is 11.5. The van der Waals surface area contributed by atoms with Crippen LogP contribution in [0.2, 0.25) is 0 Å². The molecule has 0 saturated carbocycles. The van der Waals surface area contributed by atoms with E-state index in [1.54, 1.807) is 41.9 Å². The molecule has 3 aromatic rings. The summed E-state index contributed by atoms with van der Waals surface area (Å²) in [5.74, 6) is -0.251. The predicted molar refractivity (Wildman–Crippen MR) is 125 cm³/mol. The van der Waals surface area contributed by atoms with E-state index in [1.807, 2.05) is 32.0 Å². The highest BCUT2D eigenvalue weighted by Crippen LogP contribution is 2.20. The Morgan fingerprint density at radius 1 is 1.12 bits per heavy atom. The maximum absolute atomic E-state index is 12.6. The lowest BCUT2D eigenvalue weighted by Crippen LogP contribution is -2.29. The first-order chi connectivity index (χ1) is 15.8. The molecule has 2 amide bonds. The van der Waals surface area contributed by atoms with Crippen molar-refractivity contribution in [2.75, 3.05) is 18.2 Å². The van der Waals surface area contributed by atoms with Gasteiger partial charge in [0.1, 0.15) is 0 Å². The number of carbonyl (C=O) groups excluding carboxylic acids is 3. The van der Waals surface area contributed by atoms with E-state index in [0.717, 1.165) is 5.56 Å². The molecule has 0 spiro atoms. The number of aryl methyl sites for hydroxylation is 1.